The average molecular weight is 327 g/mol. The number of hydrogen-bond acceptors (Lipinski definition) is 5. The van der Waals surface area contributed by atoms with E-state index < -0.39 is 0 Å². The topological polar surface area (TPSA) is 72.7 Å². The van der Waals surface area contributed by atoms with Crippen LogP contribution < -0.4 is 5.32 Å². The normalized spacial score (nSPS) is 12.0. The molecule has 1 atom stereocenters. The fourth-order valence-electron chi connectivity index (χ4n) is 2.29. The number of aromatic nitrogens is 4. The maximum absolute atomic E-state index is 12.3. The Morgan fingerprint density at radius 1 is 1.30 bits per heavy atom. The molecule has 23 heavy (non-hydrogen) atoms. The van der Waals surface area contributed by atoms with Crippen molar-refractivity contribution in [1.29, 1.82) is 0 Å². The zero-order valence-corrected chi connectivity index (χ0v) is 13.5. The first-order valence-electron chi connectivity index (χ1n) is 7.33. The van der Waals surface area contributed by atoms with Crippen LogP contribution in [0.15, 0.2) is 48.1 Å². The minimum Gasteiger partial charge on any atom is -0.349 e. The first-order chi connectivity index (χ1) is 11.2. The van der Waals surface area contributed by atoms with Gasteiger partial charge in [0.25, 0.3) is 5.91 Å². The van der Waals surface area contributed by atoms with Crippen molar-refractivity contribution in [3.05, 3.63) is 64.1 Å². The van der Waals surface area contributed by atoms with E-state index in [2.05, 4.69) is 26.9 Å². The molecule has 2 aromatic heterocycles. The SMILES string of the molecule is C[C@H](Cc1cccs1)NC(=O)c1ccc(Cn2cnnn2)cc1. The van der Waals surface area contributed by atoms with Gasteiger partial charge in [-0.3, -0.25) is 4.79 Å². The van der Waals surface area contributed by atoms with Gasteiger partial charge in [-0.15, -0.1) is 16.4 Å². The summed E-state index contributed by atoms with van der Waals surface area (Å²) in [6.07, 6.45) is 2.41. The van der Waals surface area contributed by atoms with Crippen molar-refractivity contribution in [3.63, 3.8) is 0 Å². The van der Waals surface area contributed by atoms with Gasteiger partial charge < -0.3 is 5.32 Å². The predicted octanol–water partition coefficient (Wildman–Crippen LogP) is 2.14. The Bertz CT molecular complexity index is 737. The van der Waals surface area contributed by atoms with Gasteiger partial charge in [0.15, 0.2) is 0 Å². The van der Waals surface area contributed by atoms with Crippen LogP contribution in [0.25, 0.3) is 0 Å². The van der Waals surface area contributed by atoms with Crippen molar-refractivity contribution in [2.24, 2.45) is 0 Å². The molecule has 0 saturated heterocycles. The molecule has 0 unspecified atom stereocenters. The molecule has 3 aromatic rings. The maximum Gasteiger partial charge on any atom is 0.251 e. The summed E-state index contributed by atoms with van der Waals surface area (Å²) in [6.45, 7) is 2.60. The van der Waals surface area contributed by atoms with Crippen molar-refractivity contribution < 1.29 is 4.79 Å². The molecule has 6 nitrogen and oxygen atoms in total. The second-order valence-electron chi connectivity index (χ2n) is 5.36. The van der Waals surface area contributed by atoms with Gasteiger partial charge in [-0.05, 0) is 46.5 Å². The first-order valence-corrected chi connectivity index (χ1v) is 8.21. The third kappa shape index (κ3) is 4.23. The van der Waals surface area contributed by atoms with Crippen LogP contribution in [-0.4, -0.2) is 32.2 Å². The van der Waals surface area contributed by atoms with Gasteiger partial charge in [0.1, 0.15) is 6.33 Å². The Morgan fingerprint density at radius 2 is 2.13 bits per heavy atom. The van der Waals surface area contributed by atoms with Crippen molar-refractivity contribution in [2.75, 3.05) is 0 Å². The molecule has 0 aliphatic carbocycles. The standard InChI is InChI=1S/C16H17N5OS/c1-12(9-15-3-2-8-23-15)18-16(22)14-6-4-13(5-7-14)10-21-11-17-19-20-21/h2-8,11-12H,9-10H2,1H3,(H,18,22)/t12-/m1/s1. The van der Waals surface area contributed by atoms with Gasteiger partial charge in [0, 0.05) is 22.9 Å². The van der Waals surface area contributed by atoms with E-state index >= 15 is 0 Å². The molecule has 118 valence electrons. The molecule has 3 rings (SSSR count). The van der Waals surface area contributed by atoms with E-state index in [0.29, 0.717) is 12.1 Å². The Hall–Kier alpha value is -2.54. The molecule has 2 heterocycles. The molecule has 1 N–H and O–H groups in total. The first kappa shape index (κ1) is 15.4. The van der Waals surface area contributed by atoms with Crippen LogP contribution in [0, 0.1) is 0 Å². The van der Waals surface area contributed by atoms with Gasteiger partial charge in [-0.2, -0.15) is 0 Å². The summed E-state index contributed by atoms with van der Waals surface area (Å²) in [4.78, 5) is 13.5. The molecule has 7 heteroatoms. The minimum atomic E-state index is -0.0528. The van der Waals surface area contributed by atoms with E-state index in [4.69, 9.17) is 0 Å². The smallest absolute Gasteiger partial charge is 0.251 e. The van der Waals surface area contributed by atoms with E-state index in [1.54, 1.807) is 22.3 Å². The second kappa shape index (κ2) is 7.15. The van der Waals surface area contributed by atoms with Gasteiger partial charge in [0.2, 0.25) is 0 Å². The molecule has 0 bridgehead atoms. The molecule has 0 aliphatic rings. The lowest BCUT2D eigenvalue weighted by Gasteiger charge is -2.13. The van der Waals surface area contributed by atoms with E-state index in [1.165, 1.54) is 4.88 Å². The largest absolute Gasteiger partial charge is 0.349 e. The Kier molecular flexibility index (Phi) is 4.77. The van der Waals surface area contributed by atoms with Gasteiger partial charge >= 0.3 is 0 Å². The van der Waals surface area contributed by atoms with Crippen LogP contribution >= 0.6 is 11.3 Å². The van der Waals surface area contributed by atoms with Gasteiger partial charge in [0.05, 0.1) is 6.54 Å². The zero-order valence-electron chi connectivity index (χ0n) is 12.7. The molecular formula is C16H17N5OS. The van der Waals surface area contributed by atoms with Crippen molar-refractivity contribution in [2.45, 2.75) is 25.9 Å². The van der Waals surface area contributed by atoms with Gasteiger partial charge in [-0.25, -0.2) is 4.68 Å². The Balaban J connectivity index is 1.56. The average Bonchev–Trinajstić information content (AvgIpc) is 3.21. The number of hydrogen-bond donors (Lipinski definition) is 1. The molecule has 0 spiro atoms. The van der Waals surface area contributed by atoms with E-state index in [-0.39, 0.29) is 11.9 Å². The molecular weight excluding hydrogens is 310 g/mol. The third-order valence-electron chi connectivity index (χ3n) is 3.42. The number of carbonyl (C=O) groups excluding carboxylic acids is 1. The fraction of sp³-hybridized carbons (Fsp3) is 0.250. The van der Waals surface area contributed by atoms with E-state index in [0.717, 1.165) is 12.0 Å². The molecule has 0 radical (unpaired) electrons. The lowest BCUT2D eigenvalue weighted by molar-refractivity contribution is 0.0940. The molecule has 0 saturated carbocycles. The molecule has 0 fully saturated rings. The van der Waals surface area contributed by atoms with Crippen LogP contribution in [0.4, 0.5) is 0 Å². The fourth-order valence-corrected chi connectivity index (χ4v) is 3.13. The molecule has 1 aromatic carbocycles. The van der Waals surface area contributed by atoms with Crippen LogP contribution in [0.1, 0.15) is 27.7 Å². The van der Waals surface area contributed by atoms with Crippen LogP contribution in [-0.2, 0) is 13.0 Å². The zero-order chi connectivity index (χ0) is 16.1. The Morgan fingerprint density at radius 3 is 2.78 bits per heavy atom. The summed E-state index contributed by atoms with van der Waals surface area (Å²) in [6, 6.07) is 11.7. The monoisotopic (exact) mass is 327 g/mol. The number of nitrogens with one attached hydrogen (secondary N) is 1. The highest BCUT2D eigenvalue weighted by Crippen LogP contribution is 2.12. The number of thiophene rings is 1. The van der Waals surface area contributed by atoms with Crippen LogP contribution in [0.2, 0.25) is 0 Å². The summed E-state index contributed by atoms with van der Waals surface area (Å²) in [7, 11) is 0. The summed E-state index contributed by atoms with van der Waals surface area (Å²) >= 11 is 1.71. The van der Waals surface area contributed by atoms with E-state index in [1.807, 2.05) is 42.6 Å². The summed E-state index contributed by atoms with van der Waals surface area (Å²) < 4.78 is 1.64. The van der Waals surface area contributed by atoms with E-state index in [9.17, 15) is 4.79 Å². The van der Waals surface area contributed by atoms with Crippen molar-refractivity contribution >= 4 is 17.2 Å². The van der Waals surface area contributed by atoms with Crippen LogP contribution in [0.5, 0.6) is 0 Å². The summed E-state index contributed by atoms with van der Waals surface area (Å²) in [5, 5.41) is 16.1. The highest BCUT2D eigenvalue weighted by atomic mass is 32.1. The Labute approximate surface area is 138 Å². The number of benzene rings is 1. The van der Waals surface area contributed by atoms with Crippen molar-refractivity contribution in [1.82, 2.24) is 25.5 Å². The van der Waals surface area contributed by atoms with Crippen molar-refractivity contribution in [3.8, 4) is 0 Å². The number of tetrazole rings is 1. The second-order valence-corrected chi connectivity index (χ2v) is 6.39. The predicted molar refractivity (Wildman–Crippen MR) is 88.3 cm³/mol. The van der Waals surface area contributed by atoms with Crippen LogP contribution in [0.3, 0.4) is 0 Å². The summed E-state index contributed by atoms with van der Waals surface area (Å²) in [5.74, 6) is -0.0528. The third-order valence-corrected chi connectivity index (χ3v) is 4.32. The molecule has 0 aliphatic heterocycles. The quantitative estimate of drug-likeness (QED) is 0.753. The maximum atomic E-state index is 12.3. The number of nitrogens with zero attached hydrogens (tertiary/aromatic N) is 4. The lowest BCUT2D eigenvalue weighted by Crippen LogP contribution is -2.33. The summed E-state index contributed by atoms with van der Waals surface area (Å²) in [5.41, 5.74) is 1.70. The number of carbonyl (C=O) groups is 1. The highest BCUT2D eigenvalue weighted by Gasteiger charge is 2.11. The number of amides is 1. The lowest BCUT2D eigenvalue weighted by atomic mass is 10.1. The highest BCUT2D eigenvalue weighted by molar-refractivity contribution is 7.09. The number of rotatable bonds is 6. The minimum absolute atomic E-state index is 0.0528. The van der Waals surface area contributed by atoms with Gasteiger partial charge in [-0.1, -0.05) is 18.2 Å². The molecule has 1 amide bonds.